The number of hydrogen-bond donors (Lipinski definition) is 1. The van der Waals surface area contributed by atoms with E-state index in [4.69, 9.17) is 9.47 Å². The van der Waals surface area contributed by atoms with Crippen LogP contribution < -0.4 is 5.32 Å². The Kier molecular flexibility index (Phi) is 3.62. The van der Waals surface area contributed by atoms with E-state index in [2.05, 4.69) is 36.5 Å². The molecule has 4 nitrogen and oxygen atoms in total. The lowest BCUT2D eigenvalue weighted by atomic mass is 10.0. The fraction of sp³-hybridized carbons (Fsp3) is 0.471. The first-order chi connectivity index (χ1) is 10.1. The number of allylic oxidation sites excluding steroid dienone is 1. The lowest BCUT2D eigenvalue weighted by Crippen LogP contribution is -2.41. The summed E-state index contributed by atoms with van der Waals surface area (Å²) in [6.45, 7) is 4.80. The van der Waals surface area contributed by atoms with Gasteiger partial charge in [-0.15, -0.1) is 0 Å². The maximum Gasteiger partial charge on any atom is 0.290 e. The molecule has 1 aliphatic heterocycles. The number of benzene rings is 1. The van der Waals surface area contributed by atoms with Crippen molar-refractivity contribution in [2.75, 3.05) is 13.2 Å². The summed E-state index contributed by atoms with van der Waals surface area (Å²) in [6, 6.07) is 8.44. The lowest BCUT2D eigenvalue weighted by molar-refractivity contribution is -0.123. The third kappa shape index (κ3) is 3.20. The minimum Gasteiger partial charge on any atom is -0.491 e. The van der Waals surface area contributed by atoms with Gasteiger partial charge in [-0.1, -0.05) is 29.8 Å². The fourth-order valence-electron chi connectivity index (χ4n) is 2.74. The second kappa shape index (κ2) is 5.43. The maximum atomic E-state index is 12.3. The molecule has 0 atom stereocenters. The van der Waals surface area contributed by atoms with E-state index >= 15 is 0 Å². The van der Waals surface area contributed by atoms with E-state index in [0.29, 0.717) is 24.7 Å². The van der Waals surface area contributed by atoms with Crippen LogP contribution in [0.3, 0.4) is 0 Å². The molecular weight excluding hydrogens is 266 g/mol. The zero-order valence-electron chi connectivity index (χ0n) is 12.6. The highest BCUT2D eigenvalue weighted by Gasteiger charge is 2.45. The van der Waals surface area contributed by atoms with E-state index in [-0.39, 0.29) is 11.4 Å². The molecule has 1 saturated carbocycles. The highest BCUT2D eigenvalue weighted by atomic mass is 16.6. The first-order valence-electron chi connectivity index (χ1n) is 7.43. The number of carbonyl (C=O) groups is 1. The van der Waals surface area contributed by atoms with Gasteiger partial charge in [0.15, 0.2) is 0 Å². The molecule has 1 aromatic rings. The van der Waals surface area contributed by atoms with E-state index in [9.17, 15) is 4.79 Å². The van der Waals surface area contributed by atoms with Crippen molar-refractivity contribution in [1.29, 1.82) is 0 Å². The van der Waals surface area contributed by atoms with Gasteiger partial charge in [0, 0.05) is 5.54 Å². The fourth-order valence-corrected chi connectivity index (χ4v) is 2.74. The van der Waals surface area contributed by atoms with E-state index in [1.54, 1.807) is 6.92 Å². The van der Waals surface area contributed by atoms with Crippen LogP contribution in [0, 0.1) is 6.92 Å². The molecule has 3 rings (SSSR count). The average molecular weight is 287 g/mol. The summed E-state index contributed by atoms with van der Waals surface area (Å²) in [4.78, 5) is 12.3. The van der Waals surface area contributed by atoms with Crippen molar-refractivity contribution in [1.82, 2.24) is 5.32 Å². The Morgan fingerprint density at radius 1 is 1.24 bits per heavy atom. The quantitative estimate of drug-likeness (QED) is 0.925. The van der Waals surface area contributed by atoms with Gasteiger partial charge < -0.3 is 14.8 Å². The predicted octanol–water partition coefficient (Wildman–Crippen LogP) is 2.46. The SMILES string of the molecule is CC1=C(C(=O)NC2(Cc3cccc(C)c3)CC2)OCCO1. The van der Waals surface area contributed by atoms with Gasteiger partial charge in [0.2, 0.25) is 5.76 Å². The maximum absolute atomic E-state index is 12.3. The number of rotatable bonds is 4. The predicted molar refractivity (Wildman–Crippen MR) is 79.6 cm³/mol. The van der Waals surface area contributed by atoms with Gasteiger partial charge in [-0.05, 0) is 38.7 Å². The van der Waals surface area contributed by atoms with Crippen molar-refractivity contribution in [2.45, 2.75) is 38.6 Å². The summed E-state index contributed by atoms with van der Waals surface area (Å²) in [5.74, 6) is 0.749. The highest BCUT2D eigenvalue weighted by molar-refractivity contribution is 5.92. The normalized spacial score (nSPS) is 19.5. The first kappa shape index (κ1) is 14.0. The molecule has 0 unspecified atom stereocenters. The standard InChI is InChI=1S/C17H21NO3/c1-12-4-3-5-14(10-12)11-17(6-7-17)18-16(19)15-13(2)20-8-9-21-15/h3-5,10H,6-9,11H2,1-2H3,(H,18,19). The molecule has 0 spiro atoms. The third-order valence-electron chi connectivity index (χ3n) is 4.03. The Labute approximate surface area is 125 Å². The van der Waals surface area contributed by atoms with Crippen molar-refractivity contribution in [3.8, 4) is 0 Å². The second-order valence-corrected chi connectivity index (χ2v) is 5.98. The number of carbonyl (C=O) groups excluding carboxylic acids is 1. The van der Waals surface area contributed by atoms with Crippen molar-refractivity contribution < 1.29 is 14.3 Å². The molecule has 112 valence electrons. The summed E-state index contributed by atoms with van der Waals surface area (Å²) >= 11 is 0. The molecule has 0 aromatic heterocycles. The van der Waals surface area contributed by atoms with E-state index in [0.717, 1.165) is 19.3 Å². The molecule has 0 saturated heterocycles. The molecule has 4 heteroatoms. The van der Waals surface area contributed by atoms with E-state index in [1.807, 2.05) is 0 Å². The average Bonchev–Trinajstić information content (AvgIpc) is 3.18. The molecule has 1 N–H and O–H groups in total. The minimum atomic E-state index is -0.155. The molecule has 1 fully saturated rings. The van der Waals surface area contributed by atoms with Crippen LogP contribution in [0.4, 0.5) is 0 Å². The number of aryl methyl sites for hydroxylation is 1. The van der Waals surface area contributed by atoms with Crippen LogP contribution in [0.25, 0.3) is 0 Å². The van der Waals surface area contributed by atoms with Crippen molar-refractivity contribution in [3.05, 3.63) is 46.9 Å². The lowest BCUT2D eigenvalue weighted by Gasteiger charge is -2.23. The zero-order chi connectivity index (χ0) is 14.9. The first-order valence-corrected chi connectivity index (χ1v) is 7.43. The van der Waals surface area contributed by atoms with Gasteiger partial charge >= 0.3 is 0 Å². The minimum absolute atomic E-state index is 0.112. The molecule has 0 radical (unpaired) electrons. The van der Waals surface area contributed by atoms with Crippen LogP contribution in [0.15, 0.2) is 35.8 Å². The van der Waals surface area contributed by atoms with E-state index < -0.39 is 0 Å². The Morgan fingerprint density at radius 2 is 2.00 bits per heavy atom. The monoisotopic (exact) mass is 287 g/mol. The summed E-state index contributed by atoms with van der Waals surface area (Å²) in [5.41, 5.74) is 2.40. The third-order valence-corrected chi connectivity index (χ3v) is 4.03. The molecule has 2 aliphatic rings. The van der Waals surface area contributed by atoms with E-state index in [1.165, 1.54) is 11.1 Å². The zero-order valence-corrected chi connectivity index (χ0v) is 12.6. The Bertz CT molecular complexity index is 587. The molecule has 21 heavy (non-hydrogen) atoms. The van der Waals surface area contributed by atoms with Gasteiger partial charge in [-0.3, -0.25) is 4.79 Å². The van der Waals surface area contributed by atoms with Crippen molar-refractivity contribution >= 4 is 5.91 Å². The smallest absolute Gasteiger partial charge is 0.290 e. The second-order valence-electron chi connectivity index (χ2n) is 5.98. The van der Waals surface area contributed by atoms with Gasteiger partial charge in [0.05, 0.1) is 0 Å². The van der Waals surface area contributed by atoms with Gasteiger partial charge in [-0.25, -0.2) is 0 Å². The summed E-state index contributed by atoms with van der Waals surface area (Å²) < 4.78 is 10.8. The van der Waals surface area contributed by atoms with Crippen LogP contribution in [0.1, 0.15) is 30.9 Å². The molecule has 1 aromatic carbocycles. The molecular formula is C17H21NO3. The van der Waals surface area contributed by atoms with Crippen LogP contribution in [0.5, 0.6) is 0 Å². The number of nitrogens with one attached hydrogen (secondary N) is 1. The van der Waals surface area contributed by atoms with Crippen LogP contribution in [-0.2, 0) is 20.7 Å². The van der Waals surface area contributed by atoms with Gasteiger partial charge in [0.1, 0.15) is 19.0 Å². The highest BCUT2D eigenvalue weighted by Crippen LogP contribution is 2.39. The molecule has 1 heterocycles. The molecule has 1 amide bonds. The van der Waals surface area contributed by atoms with Crippen molar-refractivity contribution in [2.24, 2.45) is 0 Å². The summed E-state index contributed by atoms with van der Waals surface area (Å²) in [5, 5.41) is 3.13. The number of ether oxygens (including phenoxy) is 2. The van der Waals surface area contributed by atoms with Gasteiger partial charge in [-0.2, -0.15) is 0 Å². The topological polar surface area (TPSA) is 47.6 Å². The Balaban J connectivity index is 1.68. The van der Waals surface area contributed by atoms with Crippen LogP contribution in [0.2, 0.25) is 0 Å². The molecule has 1 aliphatic carbocycles. The van der Waals surface area contributed by atoms with Crippen molar-refractivity contribution in [3.63, 3.8) is 0 Å². The summed E-state index contributed by atoms with van der Waals surface area (Å²) in [6.07, 6.45) is 2.90. The van der Waals surface area contributed by atoms with Crippen LogP contribution in [-0.4, -0.2) is 24.7 Å². The van der Waals surface area contributed by atoms with Gasteiger partial charge in [0.25, 0.3) is 5.91 Å². The summed E-state index contributed by atoms with van der Waals surface area (Å²) in [7, 11) is 0. The Morgan fingerprint density at radius 3 is 2.67 bits per heavy atom. The van der Waals surface area contributed by atoms with Crippen LogP contribution >= 0.6 is 0 Å². The number of hydrogen-bond acceptors (Lipinski definition) is 3. The largest absolute Gasteiger partial charge is 0.491 e. The Hall–Kier alpha value is -1.97. The number of amides is 1. The molecule has 0 bridgehead atoms.